The maximum Gasteiger partial charge on any atom is 0.256 e. The van der Waals surface area contributed by atoms with Gasteiger partial charge in [0, 0.05) is 15.4 Å². The molecule has 1 aliphatic heterocycles. The number of carbonyl (C=O) groups is 2. The lowest BCUT2D eigenvalue weighted by atomic mass is 10.1. The highest BCUT2D eigenvalue weighted by Gasteiger charge is 2.20. The largest absolute Gasteiger partial charge is 0.492 e. The number of anilines is 1. The number of carbonyl (C=O) groups excluding carboxylic acids is 2. The van der Waals surface area contributed by atoms with Gasteiger partial charge in [0.1, 0.15) is 18.2 Å². The Hall–Kier alpha value is -3.32. The lowest BCUT2D eigenvalue weighted by molar-refractivity contribution is 0.0945. The molecule has 1 aliphatic rings. The first-order valence-electron chi connectivity index (χ1n) is 8.99. The van der Waals surface area contributed by atoms with Crippen LogP contribution in [-0.4, -0.2) is 25.0 Å². The van der Waals surface area contributed by atoms with E-state index in [1.807, 2.05) is 24.3 Å². The fraction of sp³-hybridized carbons (Fsp3) is 0.0909. The molecule has 0 unspecified atom stereocenters. The minimum Gasteiger partial charge on any atom is -0.492 e. The van der Waals surface area contributed by atoms with Gasteiger partial charge >= 0.3 is 0 Å². The van der Waals surface area contributed by atoms with Gasteiger partial charge in [0.05, 0.1) is 17.8 Å². The van der Waals surface area contributed by atoms with E-state index < -0.39 is 0 Å². The highest BCUT2D eigenvalue weighted by atomic mass is 32.2. The summed E-state index contributed by atoms with van der Waals surface area (Å²) in [5.74, 6) is -0.263. The van der Waals surface area contributed by atoms with Gasteiger partial charge in [0.15, 0.2) is 0 Å². The Labute approximate surface area is 171 Å². The third-order valence-electron chi connectivity index (χ3n) is 4.31. The van der Waals surface area contributed by atoms with E-state index in [0.717, 1.165) is 9.79 Å². The number of ether oxygens (including phenoxy) is 1. The molecule has 4 rings (SSSR count). The molecule has 2 N–H and O–H groups in total. The zero-order valence-corrected chi connectivity index (χ0v) is 16.1. The van der Waals surface area contributed by atoms with Crippen LogP contribution >= 0.6 is 11.8 Å². The van der Waals surface area contributed by atoms with Gasteiger partial charge in [-0.3, -0.25) is 9.59 Å². The molecule has 0 aliphatic carbocycles. The first-order valence-corrected chi connectivity index (χ1v) is 9.81. The first-order chi connectivity index (χ1) is 14.1. The van der Waals surface area contributed by atoms with Crippen LogP contribution in [0.2, 0.25) is 0 Å². The predicted molar refractivity (Wildman–Crippen MR) is 109 cm³/mol. The van der Waals surface area contributed by atoms with Crippen molar-refractivity contribution in [2.24, 2.45) is 0 Å². The van der Waals surface area contributed by atoms with Crippen LogP contribution in [0.3, 0.4) is 0 Å². The quantitative estimate of drug-likeness (QED) is 0.616. The molecule has 0 atom stereocenters. The summed E-state index contributed by atoms with van der Waals surface area (Å²) in [6, 6.07) is 18.3. The lowest BCUT2D eigenvalue weighted by Crippen LogP contribution is -2.28. The van der Waals surface area contributed by atoms with Gasteiger partial charge in [-0.15, -0.1) is 0 Å². The van der Waals surface area contributed by atoms with Gasteiger partial charge in [0.25, 0.3) is 11.8 Å². The third-order valence-corrected chi connectivity index (χ3v) is 5.46. The van der Waals surface area contributed by atoms with Crippen LogP contribution in [0.25, 0.3) is 0 Å². The smallest absolute Gasteiger partial charge is 0.256 e. The topological polar surface area (TPSA) is 67.4 Å². The van der Waals surface area contributed by atoms with Crippen molar-refractivity contribution < 1.29 is 18.7 Å². The predicted octanol–water partition coefficient (Wildman–Crippen LogP) is 4.35. The summed E-state index contributed by atoms with van der Waals surface area (Å²) in [5.41, 5.74) is 1.65. The molecule has 146 valence electrons. The Balaban J connectivity index is 1.38. The number of halogens is 1. The summed E-state index contributed by atoms with van der Waals surface area (Å²) in [7, 11) is 0. The number of benzene rings is 3. The highest BCUT2D eigenvalue weighted by molar-refractivity contribution is 7.99. The molecular formula is C22H17FN2O3S. The van der Waals surface area contributed by atoms with E-state index in [4.69, 9.17) is 4.74 Å². The maximum absolute atomic E-state index is 12.9. The Morgan fingerprint density at radius 1 is 1.03 bits per heavy atom. The molecule has 7 heteroatoms. The fourth-order valence-electron chi connectivity index (χ4n) is 2.88. The molecular weight excluding hydrogens is 391 g/mol. The van der Waals surface area contributed by atoms with Crippen LogP contribution in [0.5, 0.6) is 5.75 Å². The van der Waals surface area contributed by atoms with Gasteiger partial charge in [-0.1, -0.05) is 23.9 Å². The molecule has 3 aromatic carbocycles. The molecule has 5 nitrogen and oxygen atoms in total. The van der Waals surface area contributed by atoms with Crippen LogP contribution in [-0.2, 0) is 0 Å². The van der Waals surface area contributed by atoms with Crippen molar-refractivity contribution in [1.82, 2.24) is 5.32 Å². The second kappa shape index (κ2) is 8.36. The number of amides is 2. The number of hydrogen-bond acceptors (Lipinski definition) is 4. The molecule has 0 bridgehead atoms. The Bertz CT molecular complexity index is 1070. The van der Waals surface area contributed by atoms with Gasteiger partial charge in [0.2, 0.25) is 0 Å². The zero-order valence-electron chi connectivity index (χ0n) is 15.3. The van der Waals surface area contributed by atoms with Crippen LogP contribution in [0, 0.1) is 5.82 Å². The fourth-order valence-corrected chi connectivity index (χ4v) is 3.89. The minimum atomic E-state index is -0.331. The van der Waals surface area contributed by atoms with Crippen LogP contribution in [0.15, 0.2) is 76.5 Å². The molecule has 0 fully saturated rings. The number of hydrogen-bond donors (Lipinski definition) is 2. The summed E-state index contributed by atoms with van der Waals surface area (Å²) in [6.45, 7) is 0.546. The Morgan fingerprint density at radius 2 is 1.83 bits per heavy atom. The van der Waals surface area contributed by atoms with Crippen molar-refractivity contribution in [1.29, 1.82) is 0 Å². The van der Waals surface area contributed by atoms with E-state index in [0.29, 0.717) is 29.1 Å². The average Bonchev–Trinajstić information content (AvgIpc) is 2.87. The normalized spacial score (nSPS) is 12.2. The Morgan fingerprint density at radius 3 is 2.66 bits per heavy atom. The molecule has 0 aromatic heterocycles. The second-order valence-corrected chi connectivity index (χ2v) is 7.41. The zero-order chi connectivity index (χ0) is 20.2. The standard InChI is InChI=1S/C22H17FN2O3S/c23-15-6-8-16(9-7-15)28-12-11-24-21(26)14-5-10-20-18(13-14)25-22(27)17-3-1-2-4-19(17)29-20/h1-10,13H,11-12H2,(H,24,26)(H,25,27). The van der Waals surface area contributed by atoms with E-state index >= 15 is 0 Å². The molecule has 3 aromatic rings. The third kappa shape index (κ3) is 4.41. The van der Waals surface area contributed by atoms with Crippen molar-refractivity contribution in [2.75, 3.05) is 18.5 Å². The summed E-state index contributed by atoms with van der Waals surface area (Å²) in [5, 5.41) is 5.65. The molecule has 2 amide bonds. The summed E-state index contributed by atoms with van der Waals surface area (Å²) in [4.78, 5) is 26.6. The second-order valence-electron chi connectivity index (χ2n) is 6.32. The summed E-state index contributed by atoms with van der Waals surface area (Å²) < 4.78 is 18.3. The van der Waals surface area contributed by atoms with E-state index in [1.54, 1.807) is 18.2 Å². The summed E-state index contributed by atoms with van der Waals surface area (Å²) in [6.07, 6.45) is 0. The van der Waals surface area contributed by atoms with E-state index in [9.17, 15) is 14.0 Å². The van der Waals surface area contributed by atoms with Crippen molar-refractivity contribution in [3.8, 4) is 5.75 Å². The molecule has 29 heavy (non-hydrogen) atoms. The first kappa shape index (κ1) is 19.0. The SMILES string of the molecule is O=C(NCCOc1ccc(F)cc1)c1ccc2c(c1)NC(=O)c1ccccc1S2. The van der Waals surface area contributed by atoms with E-state index in [-0.39, 0.29) is 24.2 Å². The maximum atomic E-state index is 12.9. The van der Waals surface area contributed by atoms with Crippen molar-refractivity contribution in [3.63, 3.8) is 0 Å². The van der Waals surface area contributed by atoms with Crippen LogP contribution in [0.4, 0.5) is 10.1 Å². The van der Waals surface area contributed by atoms with Crippen LogP contribution in [0.1, 0.15) is 20.7 Å². The van der Waals surface area contributed by atoms with Gasteiger partial charge in [-0.25, -0.2) is 4.39 Å². The lowest BCUT2D eigenvalue weighted by Gasteiger charge is -2.10. The average molecular weight is 408 g/mol. The van der Waals surface area contributed by atoms with Crippen LogP contribution < -0.4 is 15.4 Å². The van der Waals surface area contributed by atoms with E-state index in [1.165, 1.54) is 36.0 Å². The number of fused-ring (bicyclic) bond motifs is 2. The van der Waals surface area contributed by atoms with Crippen molar-refractivity contribution >= 4 is 29.3 Å². The van der Waals surface area contributed by atoms with Crippen molar-refractivity contribution in [2.45, 2.75) is 9.79 Å². The molecule has 0 saturated carbocycles. The highest BCUT2D eigenvalue weighted by Crippen LogP contribution is 2.38. The van der Waals surface area contributed by atoms with Gasteiger partial charge in [-0.05, 0) is 54.6 Å². The Kier molecular flexibility index (Phi) is 5.48. The molecule has 0 saturated heterocycles. The van der Waals surface area contributed by atoms with Crippen molar-refractivity contribution in [3.05, 3.63) is 83.7 Å². The summed E-state index contributed by atoms with van der Waals surface area (Å²) >= 11 is 1.49. The van der Waals surface area contributed by atoms with E-state index in [2.05, 4.69) is 10.6 Å². The number of nitrogens with one attached hydrogen (secondary N) is 2. The monoisotopic (exact) mass is 408 g/mol. The molecule has 1 heterocycles. The molecule has 0 spiro atoms. The van der Waals surface area contributed by atoms with Gasteiger partial charge in [-0.2, -0.15) is 0 Å². The number of rotatable bonds is 5. The molecule has 0 radical (unpaired) electrons. The van der Waals surface area contributed by atoms with Gasteiger partial charge < -0.3 is 15.4 Å². The minimum absolute atomic E-state index is 0.197.